The monoisotopic (exact) mass is 232 g/mol. The van der Waals surface area contributed by atoms with Crippen molar-refractivity contribution in [2.75, 3.05) is 7.11 Å². The van der Waals surface area contributed by atoms with E-state index in [2.05, 4.69) is 9.72 Å². The quantitative estimate of drug-likeness (QED) is 0.796. The second-order valence-corrected chi connectivity index (χ2v) is 4.10. The number of nitrogens with two attached hydrogens (primary N) is 1. The van der Waals surface area contributed by atoms with Gasteiger partial charge in [-0.2, -0.15) is 0 Å². The minimum atomic E-state index is -0.335. The fourth-order valence-corrected chi connectivity index (χ4v) is 2.14. The number of aryl methyl sites for hydroxylation is 1. The van der Waals surface area contributed by atoms with Crippen molar-refractivity contribution in [3.63, 3.8) is 0 Å². The first-order chi connectivity index (χ1) is 8.13. The number of benzene rings is 1. The van der Waals surface area contributed by atoms with Crippen molar-refractivity contribution in [3.05, 3.63) is 35.5 Å². The lowest BCUT2D eigenvalue weighted by atomic mass is 10.0. The van der Waals surface area contributed by atoms with Gasteiger partial charge in [-0.25, -0.2) is 0 Å². The molecule has 17 heavy (non-hydrogen) atoms. The van der Waals surface area contributed by atoms with E-state index < -0.39 is 0 Å². The number of hydrogen-bond acceptors (Lipinski definition) is 3. The van der Waals surface area contributed by atoms with Crippen LogP contribution in [0.2, 0.25) is 0 Å². The third-order valence-electron chi connectivity index (χ3n) is 2.93. The fourth-order valence-electron chi connectivity index (χ4n) is 2.14. The van der Waals surface area contributed by atoms with Gasteiger partial charge < -0.3 is 15.5 Å². The maximum absolute atomic E-state index is 11.3. The van der Waals surface area contributed by atoms with E-state index in [0.717, 1.165) is 22.2 Å². The minimum absolute atomic E-state index is 0.194. The number of hydrogen-bond donors (Lipinski definition) is 2. The van der Waals surface area contributed by atoms with Crippen LogP contribution in [-0.4, -0.2) is 18.1 Å². The highest BCUT2D eigenvalue weighted by atomic mass is 16.5. The van der Waals surface area contributed by atoms with Crippen LogP contribution < -0.4 is 5.73 Å². The lowest BCUT2D eigenvalue weighted by molar-refractivity contribution is -0.141. The van der Waals surface area contributed by atoms with Gasteiger partial charge in [0.1, 0.15) is 0 Å². The molecule has 2 rings (SSSR count). The maximum Gasteiger partial charge on any atom is 0.307 e. The van der Waals surface area contributed by atoms with Gasteiger partial charge in [0.2, 0.25) is 0 Å². The zero-order valence-corrected chi connectivity index (χ0v) is 9.99. The third-order valence-corrected chi connectivity index (χ3v) is 2.93. The van der Waals surface area contributed by atoms with E-state index in [0.29, 0.717) is 0 Å². The molecular formula is C13H16N2O2. The number of rotatable bonds is 3. The van der Waals surface area contributed by atoms with Crippen molar-refractivity contribution in [2.24, 2.45) is 5.73 Å². The van der Waals surface area contributed by atoms with E-state index in [1.54, 1.807) is 0 Å². The van der Waals surface area contributed by atoms with Crippen LogP contribution in [0.15, 0.2) is 24.3 Å². The minimum Gasteiger partial charge on any atom is -0.469 e. The van der Waals surface area contributed by atoms with Crippen LogP contribution in [0.4, 0.5) is 0 Å². The molecule has 1 heterocycles. The number of carbonyl (C=O) groups excluding carboxylic acids is 1. The van der Waals surface area contributed by atoms with E-state index in [1.165, 1.54) is 7.11 Å². The summed E-state index contributed by atoms with van der Waals surface area (Å²) in [5.74, 6) is -0.290. The summed E-state index contributed by atoms with van der Waals surface area (Å²) < 4.78 is 4.64. The molecule has 1 atom stereocenters. The molecule has 1 aromatic carbocycles. The Kier molecular flexibility index (Phi) is 3.15. The number of nitrogens with one attached hydrogen (secondary N) is 1. The van der Waals surface area contributed by atoms with E-state index in [1.807, 2.05) is 31.2 Å². The number of H-pyrrole nitrogens is 1. The Morgan fingerprint density at radius 2 is 2.18 bits per heavy atom. The fraction of sp³-hybridized carbons (Fsp3) is 0.308. The molecule has 1 aromatic heterocycles. The smallest absolute Gasteiger partial charge is 0.307 e. The van der Waals surface area contributed by atoms with E-state index in [4.69, 9.17) is 5.73 Å². The van der Waals surface area contributed by atoms with Gasteiger partial charge in [-0.15, -0.1) is 0 Å². The lowest BCUT2D eigenvalue weighted by Gasteiger charge is -2.10. The van der Waals surface area contributed by atoms with Crippen molar-refractivity contribution in [1.82, 2.24) is 4.98 Å². The Labute approximate surface area is 99.8 Å². The highest BCUT2D eigenvalue weighted by Crippen LogP contribution is 2.28. The number of esters is 1. The van der Waals surface area contributed by atoms with Crippen LogP contribution in [0.3, 0.4) is 0 Å². The van der Waals surface area contributed by atoms with Crippen LogP contribution in [0.1, 0.15) is 23.7 Å². The molecule has 0 saturated heterocycles. The molecule has 0 bridgehead atoms. The first-order valence-electron chi connectivity index (χ1n) is 5.53. The summed E-state index contributed by atoms with van der Waals surface area (Å²) in [6.07, 6.45) is 0.194. The summed E-state index contributed by atoms with van der Waals surface area (Å²) in [6.45, 7) is 1.96. The maximum atomic E-state index is 11.3. The number of carbonyl (C=O) groups is 1. The van der Waals surface area contributed by atoms with Crippen molar-refractivity contribution < 1.29 is 9.53 Å². The first-order valence-corrected chi connectivity index (χ1v) is 5.53. The Morgan fingerprint density at radius 3 is 2.88 bits per heavy atom. The number of ether oxygens (including phenoxy) is 1. The van der Waals surface area contributed by atoms with Crippen molar-refractivity contribution in [3.8, 4) is 0 Å². The molecule has 4 heteroatoms. The molecule has 0 fully saturated rings. The zero-order chi connectivity index (χ0) is 12.4. The molecule has 2 aromatic rings. The van der Waals surface area contributed by atoms with Crippen LogP contribution in [-0.2, 0) is 9.53 Å². The molecule has 90 valence electrons. The van der Waals surface area contributed by atoms with Crippen molar-refractivity contribution in [2.45, 2.75) is 19.4 Å². The molecule has 3 N–H and O–H groups in total. The first kappa shape index (κ1) is 11.7. The van der Waals surface area contributed by atoms with Gasteiger partial charge >= 0.3 is 5.97 Å². The van der Waals surface area contributed by atoms with Crippen molar-refractivity contribution >= 4 is 16.9 Å². The Hall–Kier alpha value is -1.81. The Bertz CT molecular complexity index is 545. The molecule has 0 amide bonds. The molecule has 0 saturated carbocycles. The molecule has 0 aliphatic heterocycles. The largest absolute Gasteiger partial charge is 0.469 e. The lowest BCUT2D eigenvalue weighted by Crippen LogP contribution is -2.16. The summed E-state index contributed by atoms with van der Waals surface area (Å²) in [6, 6.07) is 7.60. The van der Waals surface area contributed by atoms with Crippen LogP contribution in [0, 0.1) is 6.92 Å². The summed E-state index contributed by atoms with van der Waals surface area (Å²) in [4.78, 5) is 14.5. The number of aromatic nitrogens is 1. The highest BCUT2D eigenvalue weighted by molar-refractivity contribution is 5.85. The second-order valence-electron chi connectivity index (χ2n) is 4.10. The Balaban J connectivity index is 2.40. The standard InChI is InChI=1S/C13H16N2O2/c1-8-13(10(14)7-12(16)17-2)9-5-3-4-6-11(9)15-8/h3-6,10,15H,7,14H2,1-2H3/t10-/m0/s1. The van der Waals surface area contributed by atoms with Crippen molar-refractivity contribution in [1.29, 1.82) is 0 Å². The van der Waals surface area contributed by atoms with E-state index >= 15 is 0 Å². The Morgan fingerprint density at radius 1 is 1.47 bits per heavy atom. The predicted octanol–water partition coefficient (Wildman–Crippen LogP) is 2.04. The number of aromatic amines is 1. The highest BCUT2D eigenvalue weighted by Gasteiger charge is 2.18. The van der Waals surface area contributed by atoms with E-state index in [9.17, 15) is 4.79 Å². The van der Waals surface area contributed by atoms with Gasteiger partial charge in [-0.3, -0.25) is 4.79 Å². The number of methoxy groups -OCH3 is 1. The molecule has 4 nitrogen and oxygen atoms in total. The summed E-state index contributed by atoms with van der Waals surface area (Å²) in [5.41, 5.74) is 9.10. The van der Waals surface area contributed by atoms with E-state index in [-0.39, 0.29) is 18.4 Å². The molecule has 0 radical (unpaired) electrons. The average molecular weight is 232 g/mol. The van der Waals surface area contributed by atoms with Crippen LogP contribution >= 0.6 is 0 Å². The SMILES string of the molecule is COC(=O)C[C@H](N)c1c(C)[nH]c2ccccc12. The molecule has 0 aliphatic carbocycles. The zero-order valence-electron chi connectivity index (χ0n) is 9.99. The summed E-state index contributed by atoms with van der Waals surface area (Å²) >= 11 is 0. The third kappa shape index (κ3) is 2.17. The van der Waals surface area contributed by atoms with Gasteiger partial charge in [-0.05, 0) is 18.6 Å². The molecular weight excluding hydrogens is 216 g/mol. The van der Waals surface area contributed by atoms with Gasteiger partial charge in [0.25, 0.3) is 0 Å². The molecule has 0 unspecified atom stereocenters. The number of para-hydroxylation sites is 1. The molecule has 0 aliphatic rings. The molecule has 0 spiro atoms. The normalized spacial score (nSPS) is 12.6. The van der Waals surface area contributed by atoms with Gasteiger partial charge in [0, 0.05) is 22.6 Å². The predicted molar refractivity (Wildman–Crippen MR) is 66.6 cm³/mol. The van der Waals surface area contributed by atoms with Gasteiger partial charge in [0.15, 0.2) is 0 Å². The summed E-state index contributed by atoms with van der Waals surface area (Å²) in [7, 11) is 1.37. The summed E-state index contributed by atoms with van der Waals surface area (Å²) in [5, 5.41) is 1.07. The number of fused-ring (bicyclic) bond motifs is 1. The van der Waals surface area contributed by atoms with Gasteiger partial charge in [-0.1, -0.05) is 18.2 Å². The van der Waals surface area contributed by atoms with Crippen LogP contribution in [0.5, 0.6) is 0 Å². The van der Waals surface area contributed by atoms with Crippen LogP contribution in [0.25, 0.3) is 10.9 Å². The topological polar surface area (TPSA) is 68.1 Å². The second kappa shape index (κ2) is 4.59. The average Bonchev–Trinajstić information content (AvgIpc) is 2.64. The van der Waals surface area contributed by atoms with Gasteiger partial charge in [0.05, 0.1) is 13.5 Å².